The normalized spacial score (nSPS) is 14.7. The van der Waals surface area contributed by atoms with Crippen LogP contribution >= 0.6 is 0 Å². The lowest BCUT2D eigenvalue weighted by Gasteiger charge is -2.17. The van der Waals surface area contributed by atoms with Gasteiger partial charge in [0.05, 0.1) is 10.9 Å². The molecule has 0 heterocycles. The summed E-state index contributed by atoms with van der Waals surface area (Å²) < 4.78 is 22.4. The van der Waals surface area contributed by atoms with E-state index in [9.17, 15) is 13.2 Å². The van der Waals surface area contributed by atoms with Gasteiger partial charge in [-0.15, -0.1) is 0 Å². The van der Waals surface area contributed by atoms with E-state index in [-0.39, 0.29) is 16.7 Å². The second-order valence-electron chi connectivity index (χ2n) is 4.47. The van der Waals surface area contributed by atoms with E-state index in [0.29, 0.717) is 5.69 Å². The number of carbonyl (C=O) groups is 1. The first-order valence-corrected chi connectivity index (χ1v) is 7.49. The van der Waals surface area contributed by atoms with Crippen molar-refractivity contribution in [1.82, 2.24) is 0 Å². The van der Waals surface area contributed by atoms with Crippen molar-refractivity contribution in [3.05, 3.63) is 24.3 Å². The molecule has 0 radical (unpaired) electrons. The highest BCUT2D eigenvalue weighted by Crippen LogP contribution is 2.15. The molecule has 5 N–H and O–H groups in total. The fraction of sp³-hybridized carbons (Fsp3) is 0.417. The number of sulfonamides is 1. The van der Waals surface area contributed by atoms with Gasteiger partial charge in [-0.05, 0) is 24.1 Å². The quantitative estimate of drug-likeness (QED) is 0.736. The van der Waals surface area contributed by atoms with Crippen molar-refractivity contribution < 1.29 is 13.2 Å². The van der Waals surface area contributed by atoms with Crippen LogP contribution in [0.25, 0.3) is 0 Å². The number of carbonyl (C=O) groups excluding carboxylic acids is 1. The van der Waals surface area contributed by atoms with E-state index >= 15 is 0 Å². The lowest BCUT2D eigenvalue weighted by atomic mass is 9.99. The van der Waals surface area contributed by atoms with Crippen molar-refractivity contribution in [3.8, 4) is 0 Å². The molecule has 0 bridgehead atoms. The Bertz CT molecular complexity index is 557. The minimum Gasteiger partial charge on any atom is -0.325 e. The molecule has 0 spiro atoms. The van der Waals surface area contributed by atoms with Crippen molar-refractivity contribution in [1.29, 1.82) is 0 Å². The fourth-order valence-corrected chi connectivity index (χ4v) is 2.05. The average Bonchev–Trinajstić information content (AvgIpc) is 2.36. The number of amides is 1. The van der Waals surface area contributed by atoms with Crippen molar-refractivity contribution in [2.24, 2.45) is 16.8 Å². The Hall–Kier alpha value is -1.44. The molecular formula is C12H19N3O3S. The molecule has 1 aromatic rings. The van der Waals surface area contributed by atoms with Crippen LogP contribution < -0.4 is 16.2 Å². The molecule has 6 nitrogen and oxygen atoms in total. The first-order valence-electron chi connectivity index (χ1n) is 5.95. The third kappa shape index (κ3) is 4.30. The van der Waals surface area contributed by atoms with Gasteiger partial charge in [0, 0.05) is 5.69 Å². The first-order chi connectivity index (χ1) is 8.75. The molecule has 19 heavy (non-hydrogen) atoms. The molecule has 0 saturated carbocycles. The van der Waals surface area contributed by atoms with E-state index in [1.54, 1.807) is 6.07 Å². The number of nitrogens with one attached hydrogen (secondary N) is 1. The molecule has 0 aliphatic heterocycles. The summed E-state index contributed by atoms with van der Waals surface area (Å²) in [6.07, 6.45) is 0.784. The van der Waals surface area contributed by atoms with Gasteiger partial charge < -0.3 is 11.1 Å². The summed E-state index contributed by atoms with van der Waals surface area (Å²) in [5.74, 6) is -0.303. The number of hydrogen-bond acceptors (Lipinski definition) is 4. The zero-order valence-corrected chi connectivity index (χ0v) is 11.8. The second kappa shape index (κ2) is 6.14. The summed E-state index contributed by atoms with van der Waals surface area (Å²) in [6, 6.07) is 5.11. The van der Waals surface area contributed by atoms with Crippen LogP contribution in [0.2, 0.25) is 0 Å². The predicted octanol–water partition coefficient (Wildman–Crippen LogP) is 0.646. The standard InChI is InChI=1S/C12H19N3O3S/c1-3-8(2)11(13)12(16)15-9-5-4-6-10(7-9)19(14,17)18/h4-8,11H,3,13H2,1-2H3,(H,15,16)(H2,14,17,18)/t8?,11-/m0/s1. The third-order valence-electron chi connectivity index (χ3n) is 2.99. The maximum Gasteiger partial charge on any atom is 0.241 e. The van der Waals surface area contributed by atoms with Gasteiger partial charge in [-0.25, -0.2) is 13.6 Å². The van der Waals surface area contributed by atoms with Gasteiger partial charge >= 0.3 is 0 Å². The Morgan fingerprint density at radius 3 is 2.58 bits per heavy atom. The third-order valence-corrected chi connectivity index (χ3v) is 3.90. The SMILES string of the molecule is CCC(C)[C@H](N)C(=O)Nc1cccc(S(N)(=O)=O)c1. The molecule has 0 aliphatic carbocycles. The Morgan fingerprint density at radius 2 is 2.05 bits per heavy atom. The lowest BCUT2D eigenvalue weighted by molar-refractivity contribution is -0.118. The van der Waals surface area contributed by atoms with E-state index in [1.165, 1.54) is 18.2 Å². The Balaban J connectivity index is 2.86. The predicted molar refractivity (Wildman–Crippen MR) is 73.9 cm³/mol. The van der Waals surface area contributed by atoms with Crippen LogP contribution in [0.4, 0.5) is 5.69 Å². The van der Waals surface area contributed by atoms with Gasteiger partial charge in [-0.1, -0.05) is 26.3 Å². The summed E-state index contributed by atoms with van der Waals surface area (Å²) in [5.41, 5.74) is 6.14. The smallest absolute Gasteiger partial charge is 0.241 e. The molecule has 1 unspecified atom stereocenters. The van der Waals surface area contributed by atoms with E-state index in [2.05, 4.69) is 5.32 Å². The Labute approximate surface area is 113 Å². The molecule has 0 aliphatic rings. The van der Waals surface area contributed by atoms with E-state index in [4.69, 9.17) is 10.9 Å². The molecular weight excluding hydrogens is 266 g/mol. The number of nitrogens with two attached hydrogens (primary N) is 2. The van der Waals surface area contributed by atoms with Gasteiger partial charge in [0.15, 0.2) is 0 Å². The molecule has 1 amide bonds. The lowest BCUT2D eigenvalue weighted by Crippen LogP contribution is -2.40. The van der Waals surface area contributed by atoms with Crippen molar-refractivity contribution in [2.75, 3.05) is 5.32 Å². The number of primary sulfonamides is 1. The van der Waals surface area contributed by atoms with Gasteiger partial charge in [0.1, 0.15) is 0 Å². The van der Waals surface area contributed by atoms with Crippen LogP contribution in [0, 0.1) is 5.92 Å². The monoisotopic (exact) mass is 285 g/mol. The van der Waals surface area contributed by atoms with E-state index < -0.39 is 16.1 Å². The molecule has 7 heteroatoms. The van der Waals surface area contributed by atoms with Crippen LogP contribution in [-0.2, 0) is 14.8 Å². The highest BCUT2D eigenvalue weighted by atomic mass is 32.2. The number of anilines is 1. The van der Waals surface area contributed by atoms with E-state index in [0.717, 1.165) is 6.42 Å². The minimum atomic E-state index is -3.78. The summed E-state index contributed by atoms with van der Waals surface area (Å²) >= 11 is 0. The summed E-state index contributed by atoms with van der Waals surface area (Å²) in [5, 5.41) is 7.61. The van der Waals surface area contributed by atoms with E-state index in [1.807, 2.05) is 13.8 Å². The zero-order valence-electron chi connectivity index (χ0n) is 11.0. The average molecular weight is 285 g/mol. The minimum absolute atomic E-state index is 0.0430. The Morgan fingerprint density at radius 1 is 1.42 bits per heavy atom. The molecule has 1 rings (SSSR count). The molecule has 0 aromatic heterocycles. The van der Waals surface area contributed by atoms with Gasteiger partial charge in [-0.2, -0.15) is 0 Å². The van der Waals surface area contributed by atoms with Crippen molar-refractivity contribution in [3.63, 3.8) is 0 Å². The van der Waals surface area contributed by atoms with Crippen molar-refractivity contribution in [2.45, 2.75) is 31.2 Å². The molecule has 106 valence electrons. The number of rotatable bonds is 5. The summed E-state index contributed by atoms with van der Waals surface area (Å²) in [7, 11) is -3.78. The second-order valence-corrected chi connectivity index (χ2v) is 6.03. The topological polar surface area (TPSA) is 115 Å². The fourth-order valence-electron chi connectivity index (χ4n) is 1.49. The molecule has 1 aromatic carbocycles. The maximum absolute atomic E-state index is 11.9. The summed E-state index contributed by atoms with van der Waals surface area (Å²) in [4.78, 5) is 11.8. The summed E-state index contributed by atoms with van der Waals surface area (Å²) in [6.45, 7) is 3.82. The highest BCUT2D eigenvalue weighted by Gasteiger charge is 2.19. The van der Waals surface area contributed by atoms with Gasteiger partial charge in [-0.3, -0.25) is 4.79 Å². The largest absolute Gasteiger partial charge is 0.325 e. The van der Waals surface area contributed by atoms with Crippen molar-refractivity contribution >= 4 is 21.6 Å². The molecule has 2 atom stereocenters. The highest BCUT2D eigenvalue weighted by molar-refractivity contribution is 7.89. The molecule has 0 fully saturated rings. The van der Waals surface area contributed by atoms with Crippen LogP contribution in [0.5, 0.6) is 0 Å². The zero-order chi connectivity index (χ0) is 14.6. The van der Waals surface area contributed by atoms with Crippen LogP contribution in [-0.4, -0.2) is 20.4 Å². The van der Waals surface area contributed by atoms with Crippen LogP contribution in [0.1, 0.15) is 20.3 Å². The van der Waals surface area contributed by atoms with Gasteiger partial charge in [0.2, 0.25) is 15.9 Å². The van der Waals surface area contributed by atoms with Gasteiger partial charge in [0.25, 0.3) is 0 Å². The number of hydrogen-bond donors (Lipinski definition) is 3. The number of benzene rings is 1. The molecule has 0 saturated heterocycles. The first kappa shape index (κ1) is 15.6. The Kier molecular flexibility index (Phi) is 5.04. The maximum atomic E-state index is 11.9. The van der Waals surface area contributed by atoms with Crippen LogP contribution in [0.3, 0.4) is 0 Å². The van der Waals surface area contributed by atoms with Crippen LogP contribution in [0.15, 0.2) is 29.2 Å².